The molecule has 1 aliphatic carbocycles. The topological polar surface area (TPSA) is 34.1 Å². The maximum atomic E-state index is 11.6. The summed E-state index contributed by atoms with van der Waals surface area (Å²) < 4.78 is 0. The van der Waals surface area contributed by atoms with Crippen molar-refractivity contribution < 1.29 is 9.59 Å². The van der Waals surface area contributed by atoms with E-state index in [4.69, 9.17) is 0 Å². The predicted molar refractivity (Wildman–Crippen MR) is 85.0 cm³/mol. The van der Waals surface area contributed by atoms with Gasteiger partial charge < -0.3 is 0 Å². The van der Waals surface area contributed by atoms with Crippen LogP contribution in [0.15, 0.2) is 24.3 Å². The number of ketones is 2. The summed E-state index contributed by atoms with van der Waals surface area (Å²) in [6, 6.07) is 8.20. The Morgan fingerprint density at radius 3 is 1.90 bits per heavy atom. The molecule has 2 atom stereocenters. The second kappa shape index (κ2) is 9.46. The SMILES string of the molecule is CC.CC.Cc1ccc(C(C)C2CC(=O)CC2=O)cc1. The number of Topliss-reactive ketones (excluding diaryl/α,β-unsaturated/α-hetero) is 2. The van der Waals surface area contributed by atoms with E-state index < -0.39 is 0 Å². The molecule has 2 heteroatoms. The third-order valence-corrected chi connectivity index (χ3v) is 3.44. The first kappa shape index (κ1) is 18.6. The summed E-state index contributed by atoms with van der Waals surface area (Å²) in [4.78, 5) is 22.9. The molecule has 0 bridgehead atoms. The molecule has 1 aliphatic rings. The molecule has 0 saturated heterocycles. The maximum absolute atomic E-state index is 11.6. The summed E-state index contributed by atoms with van der Waals surface area (Å²) in [5.41, 5.74) is 2.36. The standard InChI is InChI=1S/C14H16O2.2C2H6/c1-9-3-5-11(6-4-9)10(2)13-7-12(15)8-14(13)16;2*1-2/h3-6,10,13H,7-8H2,1-2H3;2*1-2H3. The zero-order chi connectivity index (χ0) is 15.7. The van der Waals surface area contributed by atoms with Crippen LogP contribution < -0.4 is 0 Å². The summed E-state index contributed by atoms with van der Waals surface area (Å²) >= 11 is 0. The van der Waals surface area contributed by atoms with Gasteiger partial charge in [-0.1, -0.05) is 64.4 Å². The molecular formula is C18H28O2. The Labute approximate surface area is 123 Å². The zero-order valence-electron chi connectivity index (χ0n) is 13.7. The van der Waals surface area contributed by atoms with Crippen molar-refractivity contribution >= 4 is 11.6 Å². The fourth-order valence-electron chi connectivity index (χ4n) is 2.31. The Kier molecular flexibility index (Phi) is 8.78. The van der Waals surface area contributed by atoms with E-state index in [0.717, 1.165) is 5.56 Å². The second-order valence-electron chi connectivity index (χ2n) is 4.69. The predicted octanol–water partition coefficient (Wildman–Crippen LogP) is 4.70. The lowest BCUT2D eigenvalue weighted by atomic mass is 9.85. The number of hydrogen-bond donors (Lipinski definition) is 0. The van der Waals surface area contributed by atoms with Crippen molar-refractivity contribution in [1.29, 1.82) is 0 Å². The molecule has 1 aromatic carbocycles. The van der Waals surface area contributed by atoms with Gasteiger partial charge in [0.25, 0.3) is 0 Å². The maximum Gasteiger partial charge on any atom is 0.144 e. The highest BCUT2D eigenvalue weighted by molar-refractivity contribution is 6.07. The average molecular weight is 276 g/mol. The van der Waals surface area contributed by atoms with Crippen LogP contribution in [0.4, 0.5) is 0 Å². The Morgan fingerprint density at radius 2 is 1.50 bits per heavy atom. The van der Waals surface area contributed by atoms with Gasteiger partial charge in [0.05, 0.1) is 6.42 Å². The van der Waals surface area contributed by atoms with Crippen LogP contribution in [0.5, 0.6) is 0 Å². The fourth-order valence-corrected chi connectivity index (χ4v) is 2.31. The minimum absolute atomic E-state index is 0.0916. The van der Waals surface area contributed by atoms with Crippen molar-refractivity contribution in [1.82, 2.24) is 0 Å². The molecule has 1 fully saturated rings. The van der Waals surface area contributed by atoms with Crippen LogP contribution in [0.3, 0.4) is 0 Å². The molecule has 1 aromatic rings. The lowest BCUT2D eigenvalue weighted by molar-refractivity contribution is -0.122. The van der Waals surface area contributed by atoms with Crippen LogP contribution >= 0.6 is 0 Å². The number of hydrogen-bond acceptors (Lipinski definition) is 2. The van der Waals surface area contributed by atoms with Crippen molar-refractivity contribution in [2.45, 2.75) is 60.3 Å². The van der Waals surface area contributed by atoms with Gasteiger partial charge >= 0.3 is 0 Å². The van der Waals surface area contributed by atoms with Crippen LogP contribution in [0.2, 0.25) is 0 Å². The van der Waals surface area contributed by atoms with Crippen LogP contribution in [0.25, 0.3) is 0 Å². The van der Waals surface area contributed by atoms with Gasteiger partial charge in [-0.3, -0.25) is 9.59 Å². The molecule has 0 N–H and O–H groups in total. The van der Waals surface area contributed by atoms with Gasteiger partial charge in [-0.25, -0.2) is 0 Å². The summed E-state index contributed by atoms with van der Waals surface area (Å²) in [6.45, 7) is 12.1. The number of aryl methyl sites for hydroxylation is 1. The number of benzene rings is 1. The van der Waals surface area contributed by atoms with Crippen molar-refractivity contribution in [3.63, 3.8) is 0 Å². The smallest absolute Gasteiger partial charge is 0.144 e. The van der Waals surface area contributed by atoms with Crippen molar-refractivity contribution in [2.24, 2.45) is 5.92 Å². The quantitative estimate of drug-likeness (QED) is 0.734. The van der Waals surface area contributed by atoms with Crippen molar-refractivity contribution in [3.8, 4) is 0 Å². The summed E-state index contributed by atoms with van der Waals surface area (Å²) in [5, 5.41) is 0. The second-order valence-corrected chi connectivity index (χ2v) is 4.69. The molecular weight excluding hydrogens is 248 g/mol. The molecule has 2 unspecified atom stereocenters. The highest BCUT2D eigenvalue weighted by Crippen LogP contribution is 2.33. The molecule has 2 rings (SSSR count). The van der Waals surface area contributed by atoms with Crippen molar-refractivity contribution in [2.75, 3.05) is 0 Å². The molecule has 112 valence electrons. The third-order valence-electron chi connectivity index (χ3n) is 3.44. The Hall–Kier alpha value is -1.44. The van der Waals surface area contributed by atoms with Crippen LogP contribution in [0, 0.1) is 12.8 Å². The molecule has 1 saturated carbocycles. The molecule has 0 spiro atoms. The van der Waals surface area contributed by atoms with E-state index in [2.05, 4.69) is 12.1 Å². The molecule has 0 aromatic heterocycles. The van der Waals surface area contributed by atoms with E-state index in [1.54, 1.807) is 0 Å². The first-order chi connectivity index (χ1) is 9.58. The monoisotopic (exact) mass is 276 g/mol. The van der Waals surface area contributed by atoms with Crippen LogP contribution in [-0.2, 0) is 9.59 Å². The van der Waals surface area contributed by atoms with Crippen molar-refractivity contribution in [3.05, 3.63) is 35.4 Å². The number of carbonyl (C=O) groups is 2. The first-order valence-electron chi connectivity index (χ1n) is 7.69. The first-order valence-corrected chi connectivity index (χ1v) is 7.69. The van der Waals surface area contributed by atoms with E-state index in [1.807, 2.05) is 53.7 Å². The van der Waals surface area contributed by atoms with E-state index in [9.17, 15) is 9.59 Å². The van der Waals surface area contributed by atoms with Crippen LogP contribution in [0.1, 0.15) is 64.5 Å². The molecule has 2 nitrogen and oxygen atoms in total. The summed E-state index contributed by atoms with van der Waals surface area (Å²) in [6.07, 6.45) is 0.564. The Morgan fingerprint density at radius 1 is 1.00 bits per heavy atom. The molecule has 20 heavy (non-hydrogen) atoms. The summed E-state index contributed by atoms with van der Waals surface area (Å²) in [5.74, 6) is 0.252. The zero-order valence-corrected chi connectivity index (χ0v) is 13.7. The van der Waals surface area contributed by atoms with Gasteiger partial charge in [-0.2, -0.15) is 0 Å². The Bertz CT molecular complexity index is 418. The Balaban J connectivity index is 0.000000829. The molecule has 0 amide bonds. The lowest BCUT2D eigenvalue weighted by Gasteiger charge is -2.17. The van der Waals surface area contributed by atoms with E-state index in [1.165, 1.54) is 5.56 Å². The van der Waals surface area contributed by atoms with Gasteiger partial charge in [-0.15, -0.1) is 0 Å². The van der Waals surface area contributed by atoms with Gasteiger partial charge in [-0.05, 0) is 18.4 Å². The molecule has 0 heterocycles. The number of carbonyl (C=O) groups excluding carboxylic acids is 2. The van der Waals surface area contributed by atoms with E-state index in [0.29, 0.717) is 6.42 Å². The minimum Gasteiger partial charge on any atom is -0.299 e. The highest BCUT2D eigenvalue weighted by atomic mass is 16.2. The van der Waals surface area contributed by atoms with Crippen LogP contribution in [-0.4, -0.2) is 11.6 Å². The van der Waals surface area contributed by atoms with E-state index >= 15 is 0 Å². The average Bonchev–Trinajstić information content (AvgIpc) is 2.82. The fraction of sp³-hybridized carbons (Fsp3) is 0.556. The van der Waals surface area contributed by atoms with E-state index in [-0.39, 0.29) is 29.8 Å². The summed E-state index contributed by atoms with van der Waals surface area (Å²) in [7, 11) is 0. The molecule has 0 radical (unpaired) electrons. The minimum atomic E-state index is -0.102. The largest absolute Gasteiger partial charge is 0.299 e. The van der Waals surface area contributed by atoms with Gasteiger partial charge in [0.2, 0.25) is 0 Å². The van der Waals surface area contributed by atoms with Gasteiger partial charge in [0.15, 0.2) is 0 Å². The third kappa shape index (κ3) is 4.92. The normalized spacial score (nSPS) is 18.6. The highest BCUT2D eigenvalue weighted by Gasteiger charge is 2.35. The van der Waals surface area contributed by atoms with Gasteiger partial charge in [0, 0.05) is 12.3 Å². The van der Waals surface area contributed by atoms with Gasteiger partial charge in [0.1, 0.15) is 11.6 Å². The molecule has 0 aliphatic heterocycles. The number of rotatable bonds is 2. The lowest BCUT2D eigenvalue weighted by Crippen LogP contribution is -2.14.